The lowest BCUT2D eigenvalue weighted by atomic mass is 9.80. The maximum Gasteiger partial charge on any atom is 0.275 e. The van der Waals surface area contributed by atoms with Crippen molar-refractivity contribution in [2.24, 2.45) is 0 Å². The van der Waals surface area contributed by atoms with Crippen LogP contribution in [0.1, 0.15) is 53.6 Å². The van der Waals surface area contributed by atoms with Crippen LogP contribution in [0.4, 0.5) is 5.69 Å². The number of nitrogens with zero attached hydrogens (tertiary/aromatic N) is 4. The lowest BCUT2D eigenvalue weighted by Gasteiger charge is -2.41. The number of thiazole rings is 1. The summed E-state index contributed by atoms with van der Waals surface area (Å²) in [5.41, 5.74) is 3.17. The van der Waals surface area contributed by atoms with Gasteiger partial charge in [0.15, 0.2) is 5.69 Å². The highest BCUT2D eigenvalue weighted by Gasteiger charge is 2.42. The third kappa shape index (κ3) is 5.81. The molecule has 1 aliphatic heterocycles. The average molecular weight is 589 g/mol. The summed E-state index contributed by atoms with van der Waals surface area (Å²) in [6.45, 7) is 5.10. The van der Waals surface area contributed by atoms with Crippen molar-refractivity contribution in [1.82, 2.24) is 24.8 Å². The highest BCUT2D eigenvalue weighted by atomic mass is 32.1. The molecular weight excluding hydrogens is 548 g/mol. The molecule has 0 spiro atoms. The van der Waals surface area contributed by atoms with Gasteiger partial charge in [0.05, 0.1) is 39.9 Å². The van der Waals surface area contributed by atoms with Crippen molar-refractivity contribution in [2.45, 2.75) is 56.7 Å². The first-order valence-corrected chi connectivity index (χ1v) is 15.7. The van der Waals surface area contributed by atoms with Gasteiger partial charge in [-0.3, -0.25) is 4.79 Å². The Balaban J connectivity index is 1.25. The number of aromatic nitrogens is 3. The van der Waals surface area contributed by atoms with Crippen molar-refractivity contribution in [1.29, 1.82) is 0 Å². The molecule has 222 valence electrons. The van der Waals surface area contributed by atoms with E-state index in [1.807, 2.05) is 46.7 Å². The molecule has 0 bridgehead atoms. The van der Waals surface area contributed by atoms with Crippen molar-refractivity contribution in [3.8, 4) is 11.3 Å². The highest BCUT2D eigenvalue weighted by Crippen LogP contribution is 2.41. The highest BCUT2D eigenvalue weighted by molar-refractivity contribution is 7.18. The van der Waals surface area contributed by atoms with Gasteiger partial charge in [0.2, 0.25) is 0 Å². The Kier molecular flexibility index (Phi) is 8.57. The minimum absolute atomic E-state index is 0.0258. The van der Waals surface area contributed by atoms with Crippen LogP contribution in [-0.4, -0.2) is 82.0 Å². The Labute approximate surface area is 250 Å². The topological polar surface area (TPSA) is 105 Å². The number of methoxy groups -OCH3 is 1. The number of piperazine rings is 1. The van der Waals surface area contributed by atoms with Crippen molar-refractivity contribution in [2.75, 3.05) is 45.2 Å². The number of ether oxygens (including phenoxy) is 1. The first-order valence-electron chi connectivity index (χ1n) is 14.9. The quantitative estimate of drug-likeness (QED) is 0.256. The monoisotopic (exact) mass is 588 g/mol. The smallest absolute Gasteiger partial charge is 0.275 e. The second kappa shape index (κ2) is 12.5. The van der Waals surface area contributed by atoms with Crippen LogP contribution >= 0.6 is 11.3 Å². The van der Waals surface area contributed by atoms with Gasteiger partial charge in [-0.1, -0.05) is 43.2 Å². The number of hydrogen-bond donors (Lipinski definition) is 3. The van der Waals surface area contributed by atoms with Crippen molar-refractivity contribution in [3.63, 3.8) is 0 Å². The molecule has 2 aliphatic rings. The third-order valence-electron chi connectivity index (χ3n) is 8.64. The SMILES string of the molecule is COC[C@]1(O)CCCC[C@H]1n1cnc(C(=O)N2CCNC[C@H]2CCNc2ccc3sc(C)nc3c2)c1-c1ccccc1. The van der Waals surface area contributed by atoms with E-state index in [0.29, 0.717) is 18.7 Å². The summed E-state index contributed by atoms with van der Waals surface area (Å²) in [4.78, 5) is 25.6. The number of nitrogens with one attached hydrogen (secondary N) is 2. The number of amides is 1. The van der Waals surface area contributed by atoms with Gasteiger partial charge in [-0.2, -0.15) is 0 Å². The minimum atomic E-state index is -1.01. The predicted molar refractivity (Wildman–Crippen MR) is 167 cm³/mol. The Morgan fingerprint density at radius 2 is 2.10 bits per heavy atom. The fraction of sp³-hybridized carbons (Fsp3) is 0.469. The summed E-state index contributed by atoms with van der Waals surface area (Å²) < 4.78 is 8.69. The molecular formula is C32H40N6O3S. The van der Waals surface area contributed by atoms with Crippen LogP contribution in [0.15, 0.2) is 54.9 Å². The molecule has 9 nitrogen and oxygen atoms in total. The molecule has 6 rings (SSSR count). The number of fused-ring (bicyclic) bond motifs is 1. The van der Waals surface area contributed by atoms with E-state index in [2.05, 4.69) is 33.8 Å². The first kappa shape index (κ1) is 28.8. The van der Waals surface area contributed by atoms with Crippen LogP contribution in [0, 0.1) is 6.92 Å². The van der Waals surface area contributed by atoms with E-state index in [0.717, 1.165) is 72.8 Å². The molecule has 1 saturated heterocycles. The number of rotatable bonds is 9. The summed E-state index contributed by atoms with van der Waals surface area (Å²) in [6.07, 6.45) is 5.96. The molecule has 0 radical (unpaired) electrons. The molecule has 3 atom stereocenters. The molecule has 3 heterocycles. The Morgan fingerprint density at radius 1 is 1.24 bits per heavy atom. The molecule has 4 aromatic rings. The molecule has 2 aromatic carbocycles. The van der Waals surface area contributed by atoms with Gasteiger partial charge in [-0.15, -0.1) is 11.3 Å². The number of aliphatic hydroxyl groups is 1. The van der Waals surface area contributed by atoms with E-state index < -0.39 is 5.60 Å². The molecule has 3 N–H and O–H groups in total. The van der Waals surface area contributed by atoms with Gasteiger partial charge in [-0.25, -0.2) is 9.97 Å². The maximum absolute atomic E-state index is 14.3. The zero-order chi connectivity index (χ0) is 29.1. The van der Waals surface area contributed by atoms with Crippen molar-refractivity contribution < 1.29 is 14.6 Å². The second-order valence-electron chi connectivity index (χ2n) is 11.5. The maximum atomic E-state index is 14.3. The van der Waals surface area contributed by atoms with Crippen LogP contribution in [0.25, 0.3) is 21.5 Å². The Hall–Kier alpha value is -3.31. The van der Waals surface area contributed by atoms with Crippen LogP contribution in [0.5, 0.6) is 0 Å². The number of hydrogen-bond acceptors (Lipinski definition) is 8. The molecule has 0 unspecified atom stereocenters. The largest absolute Gasteiger partial charge is 0.385 e. The second-order valence-corrected chi connectivity index (χ2v) is 12.7. The number of anilines is 1. The number of benzene rings is 2. The van der Waals surface area contributed by atoms with E-state index >= 15 is 0 Å². The summed E-state index contributed by atoms with van der Waals surface area (Å²) in [7, 11) is 1.63. The zero-order valence-corrected chi connectivity index (χ0v) is 25.2. The lowest BCUT2D eigenvalue weighted by molar-refractivity contribution is -0.0893. The van der Waals surface area contributed by atoms with E-state index in [9.17, 15) is 9.90 Å². The standard InChI is InChI=1S/C32H40N6O3S/c1-22-36-26-18-24(11-12-27(26)42-22)34-15-13-25-19-33-16-17-37(25)31(39)29-30(23-8-4-3-5-9-23)38(21-35-29)28-10-6-7-14-32(28,40)20-41-2/h3-5,8-9,11-12,18,21,25,28,33-34,40H,6-7,10,13-17,19-20H2,1-2H3/t25-,28-,32-/m1/s1. The van der Waals surface area contributed by atoms with Crippen LogP contribution in [0.3, 0.4) is 0 Å². The third-order valence-corrected chi connectivity index (χ3v) is 9.60. The Morgan fingerprint density at radius 3 is 2.93 bits per heavy atom. The van der Waals surface area contributed by atoms with Crippen molar-refractivity contribution in [3.05, 3.63) is 65.6 Å². The van der Waals surface area contributed by atoms with Gasteiger partial charge in [0.1, 0.15) is 5.60 Å². The minimum Gasteiger partial charge on any atom is -0.385 e. The van der Waals surface area contributed by atoms with Crippen LogP contribution < -0.4 is 10.6 Å². The van der Waals surface area contributed by atoms with E-state index in [-0.39, 0.29) is 24.6 Å². The van der Waals surface area contributed by atoms with E-state index in [4.69, 9.17) is 9.72 Å². The number of imidazole rings is 1. The number of carbonyl (C=O) groups is 1. The van der Waals surface area contributed by atoms with Gasteiger partial charge in [0.25, 0.3) is 5.91 Å². The van der Waals surface area contributed by atoms with Crippen molar-refractivity contribution >= 4 is 33.1 Å². The fourth-order valence-electron chi connectivity index (χ4n) is 6.61. The molecule has 10 heteroatoms. The summed E-state index contributed by atoms with van der Waals surface area (Å²) >= 11 is 1.70. The molecule has 1 aliphatic carbocycles. The van der Waals surface area contributed by atoms with Crippen LogP contribution in [0.2, 0.25) is 0 Å². The predicted octanol–water partition coefficient (Wildman–Crippen LogP) is 4.88. The molecule has 1 saturated carbocycles. The zero-order valence-electron chi connectivity index (χ0n) is 24.4. The van der Waals surface area contributed by atoms with Crippen LogP contribution in [-0.2, 0) is 4.74 Å². The van der Waals surface area contributed by atoms with Gasteiger partial charge in [-0.05, 0) is 44.4 Å². The summed E-state index contributed by atoms with van der Waals surface area (Å²) in [6, 6.07) is 16.1. The van der Waals surface area contributed by atoms with E-state index in [1.165, 1.54) is 4.70 Å². The van der Waals surface area contributed by atoms with E-state index in [1.54, 1.807) is 24.8 Å². The van der Waals surface area contributed by atoms with Gasteiger partial charge in [0, 0.05) is 50.6 Å². The molecule has 1 amide bonds. The fourth-order valence-corrected chi connectivity index (χ4v) is 7.42. The molecule has 2 aromatic heterocycles. The summed E-state index contributed by atoms with van der Waals surface area (Å²) in [5, 5.41) is 19.7. The normalized spacial score (nSPS) is 22.9. The molecule has 2 fully saturated rings. The van der Waals surface area contributed by atoms with Gasteiger partial charge >= 0.3 is 0 Å². The number of aryl methyl sites for hydroxylation is 1. The lowest BCUT2D eigenvalue weighted by Crippen LogP contribution is -2.54. The molecule has 42 heavy (non-hydrogen) atoms. The van der Waals surface area contributed by atoms with Gasteiger partial charge < -0.3 is 29.9 Å². The first-order chi connectivity index (χ1) is 20.5. The summed E-state index contributed by atoms with van der Waals surface area (Å²) in [5.74, 6) is -0.0652. The average Bonchev–Trinajstić information content (AvgIpc) is 3.60. The Bertz CT molecular complexity index is 1520. The number of carbonyl (C=O) groups excluding carboxylic acids is 1.